The van der Waals surface area contributed by atoms with Crippen molar-refractivity contribution in [1.29, 1.82) is 0 Å². The second kappa shape index (κ2) is 7.00. The molecule has 128 valence electrons. The minimum atomic E-state index is -3.80. The summed E-state index contributed by atoms with van der Waals surface area (Å²) in [4.78, 5) is 18.2. The Balaban J connectivity index is 1.82. The SMILES string of the molecule is CC(C(=O)N1CCOCC1)S(=O)(=O)c1nc(-c2ccccc2)cs1. The first-order chi connectivity index (χ1) is 11.5. The van der Waals surface area contributed by atoms with Crippen molar-refractivity contribution < 1.29 is 17.9 Å². The first-order valence-corrected chi connectivity index (χ1v) is 10.0. The molecular formula is C16H18N2O4S2. The normalized spacial score (nSPS) is 16.8. The lowest BCUT2D eigenvalue weighted by molar-refractivity contribution is -0.134. The van der Waals surface area contributed by atoms with Crippen molar-refractivity contribution in [3.63, 3.8) is 0 Å². The molecule has 1 aromatic carbocycles. The number of hydrogen-bond donors (Lipinski definition) is 0. The number of morpholine rings is 1. The number of thiazole rings is 1. The summed E-state index contributed by atoms with van der Waals surface area (Å²) in [5.41, 5.74) is 1.45. The molecule has 2 aromatic rings. The molecule has 6 nitrogen and oxygen atoms in total. The average molecular weight is 366 g/mol. The number of ether oxygens (including phenoxy) is 1. The van der Waals surface area contributed by atoms with Gasteiger partial charge in [0.15, 0.2) is 0 Å². The Labute approximate surface area is 145 Å². The highest BCUT2D eigenvalue weighted by Crippen LogP contribution is 2.27. The van der Waals surface area contributed by atoms with Crippen LogP contribution in [0.4, 0.5) is 0 Å². The molecule has 0 bridgehead atoms. The Morgan fingerprint density at radius 2 is 1.92 bits per heavy atom. The quantitative estimate of drug-likeness (QED) is 0.825. The van der Waals surface area contributed by atoms with Crippen molar-refractivity contribution in [3.05, 3.63) is 35.7 Å². The number of hydrogen-bond acceptors (Lipinski definition) is 6. The molecule has 1 saturated heterocycles. The molecule has 2 heterocycles. The van der Waals surface area contributed by atoms with Crippen molar-refractivity contribution in [2.45, 2.75) is 16.5 Å². The maximum atomic E-state index is 12.7. The van der Waals surface area contributed by atoms with Gasteiger partial charge in [-0.2, -0.15) is 0 Å². The van der Waals surface area contributed by atoms with E-state index in [-0.39, 0.29) is 4.34 Å². The maximum Gasteiger partial charge on any atom is 0.241 e. The van der Waals surface area contributed by atoms with E-state index in [0.717, 1.165) is 16.9 Å². The Morgan fingerprint density at radius 3 is 2.58 bits per heavy atom. The number of aromatic nitrogens is 1. The molecule has 0 aliphatic carbocycles. The molecule has 1 fully saturated rings. The lowest BCUT2D eigenvalue weighted by Gasteiger charge is -2.28. The summed E-state index contributed by atoms with van der Waals surface area (Å²) in [6.45, 7) is 3.15. The number of carbonyl (C=O) groups excluding carboxylic acids is 1. The average Bonchev–Trinajstić information content (AvgIpc) is 3.13. The molecule has 1 amide bonds. The number of nitrogens with zero attached hydrogens (tertiary/aromatic N) is 2. The Hall–Kier alpha value is -1.77. The van der Waals surface area contributed by atoms with E-state index in [4.69, 9.17) is 4.74 Å². The summed E-state index contributed by atoms with van der Waals surface area (Å²) in [5.74, 6) is -0.394. The van der Waals surface area contributed by atoms with Crippen LogP contribution in [0.1, 0.15) is 6.92 Å². The van der Waals surface area contributed by atoms with Crippen LogP contribution >= 0.6 is 11.3 Å². The number of sulfone groups is 1. The van der Waals surface area contributed by atoms with Crippen LogP contribution < -0.4 is 0 Å². The first kappa shape index (κ1) is 17.1. The van der Waals surface area contributed by atoms with Gasteiger partial charge in [0.1, 0.15) is 5.25 Å². The molecule has 0 saturated carbocycles. The van der Waals surface area contributed by atoms with Crippen molar-refractivity contribution in [3.8, 4) is 11.3 Å². The predicted molar refractivity (Wildman–Crippen MR) is 91.6 cm³/mol. The highest BCUT2D eigenvalue weighted by molar-refractivity contribution is 7.94. The van der Waals surface area contributed by atoms with E-state index in [1.165, 1.54) is 11.8 Å². The molecule has 0 N–H and O–H groups in total. The van der Waals surface area contributed by atoms with Crippen LogP contribution in [0.3, 0.4) is 0 Å². The second-order valence-corrected chi connectivity index (χ2v) is 8.79. The monoisotopic (exact) mass is 366 g/mol. The Kier molecular flexibility index (Phi) is 4.98. The molecule has 24 heavy (non-hydrogen) atoms. The highest BCUT2D eigenvalue weighted by atomic mass is 32.2. The van der Waals surface area contributed by atoms with Crippen LogP contribution in [0.5, 0.6) is 0 Å². The van der Waals surface area contributed by atoms with E-state index in [1.807, 2.05) is 30.3 Å². The summed E-state index contributed by atoms with van der Waals surface area (Å²) in [5, 5.41) is 0.555. The van der Waals surface area contributed by atoms with E-state index >= 15 is 0 Å². The zero-order valence-electron chi connectivity index (χ0n) is 13.2. The second-order valence-electron chi connectivity index (χ2n) is 5.49. The Morgan fingerprint density at radius 1 is 1.25 bits per heavy atom. The lowest BCUT2D eigenvalue weighted by atomic mass is 10.2. The fourth-order valence-corrected chi connectivity index (χ4v) is 5.06. The van der Waals surface area contributed by atoms with Gasteiger partial charge in [0.2, 0.25) is 20.1 Å². The van der Waals surface area contributed by atoms with Crippen LogP contribution in [0.2, 0.25) is 0 Å². The van der Waals surface area contributed by atoms with Crippen molar-refractivity contribution in [2.24, 2.45) is 0 Å². The predicted octanol–water partition coefficient (Wildman–Crippen LogP) is 1.83. The van der Waals surface area contributed by atoms with Gasteiger partial charge in [0.25, 0.3) is 0 Å². The number of rotatable bonds is 4. The molecule has 1 aliphatic heterocycles. The number of carbonyl (C=O) groups is 1. The number of benzene rings is 1. The molecule has 1 atom stereocenters. The highest BCUT2D eigenvalue weighted by Gasteiger charge is 2.35. The van der Waals surface area contributed by atoms with Gasteiger partial charge in [0.05, 0.1) is 18.9 Å². The van der Waals surface area contributed by atoms with Crippen molar-refractivity contribution in [1.82, 2.24) is 9.88 Å². The van der Waals surface area contributed by atoms with Gasteiger partial charge in [-0.15, -0.1) is 11.3 Å². The van der Waals surface area contributed by atoms with E-state index in [0.29, 0.717) is 32.0 Å². The Bertz CT molecular complexity index is 812. The molecule has 1 unspecified atom stereocenters. The minimum Gasteiger partial charge on any atom is -0.378 e. The third-order valence-corrected chi connectivity index (χ3v) is 7.26. The molecule has 0 spiro atoms. The molecular weight excluding hydrogens is 348 g/mol. The van der Waals surface area contributed by atoms with Gasteiger partial charge >= 0.3 is 0 Å². The van der Waals surface area contributed by atoms with Crippen LogP contribution in [0.25, 0.3) is 11.3 Å². The third kappa shape index (κ3) is 3.35. The summed E-state index contributed by atoms with van der Waals surface area (Å²) < 4.78 is 30.6. The van der Waals surface area contributed by atoms with Crippen molar-refractivity contribution in [2.75, 3.05) is 26.3 Å². The van der Waals surface area contributed by atoms with Gasteiger partial charge in [-0.1, -0.05) is 30.3 Å². The van der Waals surface area contributed by atoms with Gasteiger partial charge in [0, 0.05) is 24.0 Å². The molecule has 0 radical (unpaired) electrons. The molecule has 1 aromatic heterocycles. The zero-order chi connectivity index (χ0) is 17.2. The number of amides is 1. The zero-order valence-corrected chi connectivity index (χ0v) is 14.8. The van der Waals surface area contributed by atoms with Crippen molar-refractivity contribution >= 4 is 27.1 Å². The third-order valence-electron chi connectivity index (χ3n) is 3.93. The van der Waals surface area contributed by atoms with Crippen LogP contribution in [-0.2, 0) is 19.4 Å². The van der Waals surface area contributed by atoms with Crippen LogP contribution in [0.15, 0.2) is 40.1 Å². The van der Waals surface area contributed by atoms with Gasteiger partial charge < -0.3 is 9.64 Å². The topological polar surface area (TPSA) is 76.6 Å². The first-order valence-electron chi connectivity index (χ1n) is 7.61. The van der Waals surface area contributed by atoms with Crippen LogP contribution in [-0.4, -0.2) is 55.8 Å². The fraction of sp³-hybridized carbons (Fsp3) is 0.375. The van der Waals surface area contributed by atoms with Gasteiger partial charge in [-0.3, -0.25) is 4.79 Å². The summed E-state index contributed by atoms with van der Waals surface area (Å²) in [7, 11) is -3.80. The summed E-state index contributed by atoms with van der Waals surface area (Å²) >= 11 is 1.05. The van der Waals surface area contributed by atoms with Gasteiger partial charge in [-0.05, 0) is 6.92 Å². The molecule has 3 rings (SSSR count). The smallest absolute Gasteiger partial charge is 0.241 e. The molecule has 8 heteroatoms. The van der Waals surface area contributed by atoms with E-state index in [2.05, 4.69) is 4.98 Å². The fourth-order valence-electron chi connectivity index (χ4n) is 2.45. The van der Waals surface area contributed by atoms with E-state index in [9.17, 15) is 13.2 Å². The summed E-state index contributed by atoms with van der Waals surface area (Å²) in [6.07, 6.45) is 0. The largest absolute Gasteiger partial charge is 0.378 e. The van der Waals surface area contributed by atoms with Crippen LogP contribution in [0, 0.1) is 0 Å². The maximum absolute atomic E-state index is 12.7. The summed E-state index contributed by atoms with van der Waals surface area (Å²) in [6, 6.07) is 9.36. The lowest BCUT2D eigenvalue weighted by Crippen LogP contribution is -2.47. The minimum absolute atomic E-state index is 0.0181. The standard InChI is InChI=1S/C16H18N2O4S2/c1-12(15(19)18-7-9-22-10-8-18)24(20,21)16-17-14(11-23-16)13-5-3-2-4-6-13/h2-6,11-12H,7-10H2,1H3. The van der Waals surface area contributed by atoms with E-state index < -0.39 is 21.0 Å². The van der Waals surface area contributed by atoms with E-state index in [1.54, 1.807) is 5.38 Å². The van der Waals surface area contributed by atoms with Gasteiger partial charge in [-0.25, -0.2) is 13.4 Å². The molecule has 1 aliphatic rings.